The predicted molar refractivity (Wildman–Crippen MR) is 75.5 cm³/mol. The van der Waals surface area contributed by atoms with Crippen LogP contribution in [-0.4, -0.2) is 32.8 Å². The van der Waals surface area contributed by atoms with E-state index in [4.69, 9.17) is 0 Å². The van der Waals surface area contributed by atoms with Crippen molar-refractivity contribution in [3.8, 4) is 5.95 Å². The van der Waals surface area contributed by atoms with Crippen LogP contribution in [0.2, 0.25) is 0 Å². The number of nitrogens with one attached hydrogen (secondary N) is 1. The number of hydrogen-bond donors (Lipinski definition) is 1. The van der Waals surface area contributed by atoms with Crippen molar-refractivity contribution < 1.29 is 0 Å². The first-order chi connectivity index (χ1) is 9.24. The molecule has 2 aromatic heterocycles. The Bertz CT molecular complexity index is 518. The van der Waals surface area contributed by atoms with Gasteiger partial charge in [0.2, 0.25) is 0 Å². The second-order valence-corrected chi connectivity index (χ2v) is 4.57. The molecule has 0 aliphatic carbocycles. The van der Waals surface area contributed by atoms with E-state index in [1.807, 2.05) is 10.7 Å². The molecule has 0 saturated heterocycles. The standard InChI is InChI=1S/C14H21N5/c1-4-15-8-5-7-13-11(2)18-19(12(13)3)14-16-9-6-10-17-14/h6,9-10,15H,4-5,7-8H2,1-3H3. The van der Waals surface area contributed by atoms with Crippen LogP contribution in [0.25, 0.3) is 5.95 Å². The van der Waals surface area contributed by atoms with Crippen LogP contribution >= 0.6 is 0 Å². The number of aryl methyl sites for hydroxylation is 1. The third-order valence-electron chi connectivity index (χ3n) is 3.21. The van der Waals surface area contributed by atoms with Crippen LogP contribution in [0.1, 0.15) is 30.3 Å². The number of rotatable bonds is 6. The highest BCUT2D eigenvalue weighted by Gasteiger charge is 2.13. The molecule has 19 heavy (non-hydrogen) atoms. The molecule has 0 unspecified atom stereocenters. The summed E-state index contributed by atoms with van der Waals surface area (Å²) in [4.78, 5) is 8.50. The van der Waals surface area contributed by atoms with Gasteiger partial charge >= 0.3 is 0 Å². The number of aromatic nitrogens is 4. The van der Waals surface area contributed by atoms with Gasteiger partial charge in [0.1, 0.15) is 0 Å². The van der Waals surface area contributed by atoms with E-state index in [1.165, 1.54) is 5.56 Å². The minimum absolute atomic E-state index is 0.640. The van der Waals surface area contributed by atoms with Gasteiger partial charge in [-0.3, -0.25) is 0 Å². The lowest BCUT2D eigenvalue weighted by molar-refractivity contribution is 0.670. The van der Waals surface area contributed by atoms with Gasteiger partial charge in [0.15, 0.2) is 0 Å². The van der Waals surface area contributed by atoms with Gasteiger partial charge in [-0.1, -0.05) is 6.92 Å². The fraction of sp³-hybridized carbons (Fsp3) is 0.500. The molecule has 0 atom stereocenters. The van der Waals surface area contributed by atoms with Gasteiger partial charge in [-0.05, 0) is 51.4 Å². The first-order valence-electron chi connectivity index (χ1n) is 6.77. The molecule has 0 saturated carbocycles. The summed E-state index contributed by atoms with van der Waals surface area (Å²) < 4.78 is 1.83. The quantitative estimate of drug-likeness (QED) is 0.804. The highest BCUT2D eigenvalue weighted by atomic mass is 15.4. The molecular formula is C14H21N5. The van der Waals surface area contributed by atoms with E-state index in [1.54, 1.807) is 12.4 Å². The summed E-state index contributed by atoms with van der Waals surface area (Å²) in [7, 11) is 0. The van der Waals surface area contributed by atoms with Crippen molar-refractivity contribution in [2.24, 2.45) is 0 Å². The van der Waals surface area contributed by atoms with Crippen molar-refractivity contribution in [1.82, 2.24) is 25.1 Å². The summed E-state index contributed by atoms with van der Waals surface area (Å²) in [5, 5.41) is 7.89. The zero-order valence-electron chi connectivity index (χ0n) is 11.8. The summed E-state index contributed by atoms with van der Waals surface area (Å²) in [6.07, 6.45) is 5.64. The van der Waals surface area contributed by atoms with Crippen molar-refractivity contribution in [3.05, 3.63) is 35.4 Å². The van der Waals surface area contributed by atoms with Crippen LogP contribution in [0.4, 0.5) is 0 Å². The first kappa shape index (κ1) is 13.7. The minimum atomic E-state index is 0.640. The Morgan fingerprint density at radius 3 is 2.63 bits per heavy atom. The van der Waals surface area contributed by atoms with Gasteiger partial charge in [-0.2, -0.15) is 5.10 Å². The lowest BCUT2D eigenvalue weighted by Gasteiger charge is -2.04. The van der Waals surface area contributed by atoms with Crippen LogP contribution in [-0.2, 0) is 6.42 Å². The molecule has 0 aromatic carbocycles. The summed E-state index contributed by atoms with van der Waals surface area (Å²) in [6.45, 7) is 8.33. The van der Waals surface area contributed by atoms with Crippen molar-refractivity contribution in [3.63, 3.8) is 0 Å². The summed E-state index contributed by atoms with van der Waals surface area (Å²) in [6, 6.07) is 1.81. The number of hydrogen-bond acceptors (Lipinski definition) is 4. The smallest absolute Gasteiger partial charge is 0.250 e. The van der Waals surface area contributed by atoms with Crippen molar-refractivity contribution >= 4 is 0 Å². The molecular weight excluding hydrogens is 238 g/mol. The topological polar surface area (TPSA) is 55.6 Å². The van der Waals surface area contributed by atoms with Gasteiger partial charge < -0.3 is 5.32 Å². The Kier molecular flexibility index (Phi) is 4.63. The van der Waals surface area contributed by atoms with Gasteiger partial charge in [-0.25, -0.2) is 14.6 Å². The maximum absolute atomic E-state index is 4.55. The second-order valence-electron chi connectivity index (χ2n) is 4.57. The van der Waals surface area contributed by atoms with Crippen LogP contribution in [0, 0.1) is 13.8 Å². The van der Waals surface area contributed by atoms with Gasteiger partial charge in [0.05, 0.1) is 5.69 Å². The van der Waals surface area contributed by atoms with Crippen molar-refractivity contribution in [2.75, 3.05) is 13.1 Å². The zero-order chi connectivity index (χ0) is 13.7. The molecule has 0 radical (unpaired) electrons. The van der Waals surface area contributed by atoms with Crippen LogP contribution in [0.15, 0.2) is 18.5 Å². The van der Waals surface area contributed by atoms with E-state index in [9.17, 15) is 0 Å². The van der Waals surface area contributed by atoms with Gasteiger partial charge in [-0.15, -0.1) is 0 Å². The van der Waals surface area contributed by atoms with E-state index < -0.39 is 0 Å². The van der Waals surface area contributed by atoms with Gasteiger partial charge in [0.25, 0.3) is 5.95 Å². The summed E-state index contributed by atoms with van der Waals surface area (Å²) in [5.74, 6) is 0.640. The van der Waals surface area contributed by atoms with E-state index in [-0.39, 0.29) is 0 Å². The average Bonchev–Trinajstić information content (AvgIpc) is 2.72. The molecule has 0 aliphatic rings. The molecule has 5 nitrogen and oxygen atoms in total. The van der Waals surface area contributed by atoms with Crippen LogP contribution in [0.5, 0.6) is 0 Å². The largest absolute Gasteiger partial charge is 0.317 e. The molecule has 0 amide bonds. The molecule has 0 spiro atoms. The molecule has 102 valence electrons. The van der Waals surface area contributed by atoms with E-state index in [0.29, 0.717) is 5.95 Å². The molecule has 0 aliphatic heterocycles. The predicted octanol–water partition coefficient (Wildman–Crippen LogP) is 1.82. The molecule has 5 heteroatoms. The first-order valence-corrected chi connectivity index (χ1v) is 6.77. The van der Waals surface area contributed by atoms with Gasteiger partial charge in [0, 0.05) is 18.1 Å². The summed E-state index contributed by atoms with van der Waals surface area (Å²) >= 11 is 0. The molecule has 0 fully saturated rings. The monoisotopic (exact) mass is 259 g/mol. The third-order valence-corrected chi connectivity index (χ3v) is 3.21. The highest BCUT2D eigenvalue weighted by molar-refractivity contribution is 5.29. The van der Waals surface area contributed by atoms with E-state index in [2.05, 4.69) is 41.2 Å². The Balaban J connectivity index is 2.16. The normalized spacial score (nSPS) is 10.9. The third kappa shape index (κ3) is 3.17. The highest BCUT2D eigenvalue weighted by Crippen LogP contribution is 2.17. The Morgan fingerprint density at radius 1 is 1.21 bits per heavy atom. The molecule has 2 heterocycles. The molecule has 0 bridgehead atoms. The summed E-state index contributed by atoms with van der Waals surface area (Å²) in [5.41, 5.74) is 3.52. The Morgan fingerprint density at radius 2 is 1.95 bits per heavy atom. The maximum atomic E-state index is 4.55. The van der Waals surface area contributed by atoms with Crippen molar-refractivity contribution in [1.29, 1.82) is 0 Å². The van der Waals surface area contributed by atoms with Crippen molar-refractivity contribution in [2.45, 2.75) is 33.6 Å². The van der Waals surface area contributed by atoms with Crippen LogP contribution < -0.4 is 5.32 Å². The SMILES string of the molecule is CCNCCCc1c(C)nn(-c2ncccn2)c1C. The molecule has 1 N–H and O–H groups in total. The average molecular weight is 259 g/mol. The Labute approximate surface area is 114 Å². The maximum Gasteiger partial charge on any atom is 0.250 e. The lowest BCUT2D eigenvalue weighted by atomic mass is 10.1. The Hall–Kier alpha value is -1.75. The van der Waals surface area contributed by atoms with E-state index in [0.717, 1.165) is 37.3 Å². The van der Waals surface area contributed by atoms with E-state index >= 15 is 0 Å². The fourth-order valence-electron chi connectivity index (χ4n) is 2.20. The molecule has 2 aromatic rings. The van der Waals surface area contributed by atoms with Crippen LogP contribution in [0.3, 0.4) is 0 Å². The zero-order valence-corrected chi connectivity index (χ0v) is 11.8. The number of nitrogens with zero attached hydrogens (tertiary/aromatic N) is 4. The fourth-order valence-corrected chi connectivity index (χ4v) is 2.20. The lowest BCUT2D eigenvalue weighted by Crippen LogP contribution is -2.14. The minimum Gasteiger partial charge on any atom is -0.317 e. The second kappa shape index (κ2) is 6.43. The molecule has 2 rings (SSSR count).